The molecule has 0 fully saturated rings. The van der Waals surface area contributed by atoms with E-state index in [1.807, 2.05) is 0 Å². The van der Waals surface area contributed by atoms with Crippen LogP contribution < -0.4 is 31.1 Å². The smallest absolute Gasteiger partial charge is 0.252 e. The zero-order valence-electron chi connectivity index (χ0n) is 62.6. The van der Waals surface area contributed by atoms with Crippen LogP contribution in [0.1, 0.15) is 52.7 Å². The highest BCUT2D eigenvalue weighted by Crippen LogP contribution is 2.52. The minimum absolute atomic E-state index is 0.160. The topological polar surface area (TPSA) is 19.6 Å². The van der Waals surface area contributed by atoms with Crippen molar-refractivity contribution < 1.29 is 0 Å². The number of aromatic nitrogens is 2. The molecule has 2 aliphatic rings. The van der Waals surface area contributed by atoms with E-state index in [1.54, 1.807) is 0 Å². The molecular weight excluding hydrogens is 1330 g/mol. The van der Waals surface area contributed by atoms with Gasteiger partial charge in [0.05, 0.1) is 22.1 Å². The molecule has 16 aromatic carbocycles. The van der Waals surface area contributed by atoms with Crippen molar-refractivity contribution >= 4 is 118 Å². The molecule has 0 saturated heterocycles. The lowest BCUT2D eigenvalue weighted by molar-refractivity contribution is 0.569. The summed E-state index contributed by atoms with van der Waals surface area (Å²) in [6, 6.07) is 141. The number of para-hydroxylation sites is 5. The molecule has 0 amide bonds. The molecule has 110 heavy (non-hydrogen) atoms. The summed E-state index contributed by atoms with van der Waals surface area (Å²) in [6.45, 7) is 13.9. The molecule has 0 saturated carbocycles. The van der Waals surface area contributed by atoms with Crippen molar-refractivity contribution in [2.24, 2.45) is 0 Å². The zero-order valence-corrected chi connectivity index (χ0v) is 62.6. The Balaban J connectivity index is 0.909. The summed E-state index contributed by atoms with van der Waals surface area (Å²) < 4.78 is 4.90. The van der Waals surface area contributed by atoms with Gasteiger partial charge < -0.3 is 23.8 Å². The molecule has 0 N–H and O–H groups in total. The van der Waals surface area contributed by atoms with E-state index in [4.69, 9.17) is 0 Å². The molecule has 0 atom stereocenters. The maximum atomic E-state index is 2.65. The largest absolute Gasteiger partial charge is 0.311 e. The van der Waals surface area contributed by atoms with Crippen molar-refractivity contribution in [3.63, 3.8) is 0 Å². The van der Waals surface area contributed by atoms with E-state index in [9.17, 15) is 0 Å². The molecule has 4 heterocycles. The van der Waals surface area contributed by atoms with Crippen molar-refractivity contribution in [1.82, 2.24) is 9.13 Å². The number of benzene rings is 16. The van der Waals surface area contributed by atoms with Gasteiger partial charge >= 0.3 is 0 Å². The van der Waals surface area contributed by atoms with Crippen LogP contribution in [0.2, 0.25) is 0 Å². The van der Waals surface area contributed by atoms with Crippen molar-refractivity contribution in [3.8, 4) is 67.0 Å². The normalized spacial score (nSPS) is 12.6. The van der Waals surface area contributed by atoms with Crippen LogP contribution in [0.3, 0.4) is 0 Å². The predicted molar refractivity (Wildman–Crippen MR) is 468 cm³/mol. The van der Waals surface area contributed by atoms with E-state index in [1.165, 1.54) is 65.7 Å². The minimum Gasteiger partial charge on any atom is -0.311 e. The van der Waals surface area contributed by atoms with E-state index in [2.05, 4.69) is 441 Å². The molecule has 0 unspecified atom stereocenters. The van der Waals surface area contributed by atoms with Gasteiger partial charge in [0.1, 0.15) is 0 Å². The van der Waals surface area contributed by atoms with E-state index in [0.29, 0.717) is 0 Å². The first-order valence-electron chi connectivity index (χ1n) is 38.5. The lowest BCUT2D eigenvalue weighted by Crippen LogP contribution is -2.61. The van der Waals surface area contributed by atoms with Crippen LogP contribution in [0.5, 0.6) is 0 Å². The Morgan fingerprint density at radius 3 is 0.955 bits per heavy atom. The molecular formula is C104H80BN5. The Morgan fingerprint density at radius 2 is 0.545 bits per heavy atom. The fraction of sp³-hybridized carbons (Fsp3) is 0.0769. The van der Waals surface area contributed by atoms with Crippen LogP contribution in [0.4, 0.5) is 51.2 Å². The predicted octanol–water partition coefficient (Wildman–Crippen LogP) is 26.4. The Kier molecular flexibility index (Phi) is 15.7. The number of hydrogen-bond donors (Lipinski definition) is 0. The lowest BCUT2D eigenvalue weighted by Gasteiger charge is -2.45. The van der Waals surface area contributed by atoms with Gasteiger partial charge in [-0.05, 0) is 227 Å². The Bertz CT molecular complexity index is 6350. The van der Waals surface area contributed by atoms with Gasteiger partial charge in [-0.2, -0.15) is 0 Å². The second kappa shape index (κ2) is 26.2. The maximum Gasteiger partial charge on any atom is 0.252 e. The molecule has 0 radical (unpaired) electrons. The quantitative estimate of drug-likeness (QED) is 0.114. The summed E-state index contributed by atoms with van der Waals surface area (Å²) in [5.74, 6) is 0. The van der Waals surface area contributed by atoms with Gasteiger partial charge in [0, 0.05) is 84.1 Å². The van der Waals surface area contributed by atoms with Crippen LogP contribution in [0.25, 0.3) is 111 Å². The number of fused-ring (bicyclic) bond motifs is 10. The Morgan fingerprint density at radius 1 is 0.227 bits per heavy atom. The average Bonchev–Trinajstić information content (AvgIpc) is 0.843. The van der Waals surface area contributed by atoms with E-state index in [-0.39, 0.29) is 17.5 Å². The SMILES string of the molecule is CC(C)(C)c1cc(-c2cc3c4c(c2)N(c2cc(-c5ccccc5)cc(-c5ccccc5)c2)c2cc(-n5c6ccccc6c6ccccc65)ccc2B4c2ccc(N(c4ccccc4)c4ccc(-n5c6ccccc6c6ccccc65)cc4)cc2N3c2cc(-c3ccccc3)cc(-c3ccccc3)c2)cc(C(C)(C)C)c1. The van der Waals surface area contributed by atoms with Crippen LogP contribution in [-0.4, -0.2) is 15.8 Å². The third-order valence-corrected chi connectivity index (χ3v) is 22.9. The molecule has 2 aromatic heterocycles. The second-order valence-corrected chi connectivity index (χ2v) is 31.7. The van der Waals surface area contributed by atoms with Gasteiger partial charge in [0.2, 0.25) is 0 Å². The first-order valence-corrected chi connectivity index (χ1v) is 38.5. The fourth-order valence-electron chi connectivity index (χ4n) is 17.5. The van der Waals surface area contributed by atoms with Crippen LogP contribution in [-0.2, 0) is 10.8 Å². The van der Waals surface area contributed by atoms with Crippen LogP contribution in [0.15, 0.2) is 376 Å². The molecule has 524 valence electrons. The summed E-state index contributed by atoms with van der Waals surface area (Å²) >= 11 is 0. The monoisotopic (exact) mass is 1410 g/mol. The minimum atomic E-state index is -0.258. The second-order valence-electron chi connectivity index (χ2n) is 31.7. The molecule has 2 aliphatic heterocycles. The molecule has 6 heteroatoms. The van der Waals surface area contributed by atoms with Gasteiger partial charge in [-0.3, -0.25) is 0 Å². The highest BCUT2D eigenvalue weighted by molar-refractivity contribution is 7.00. The fourth-order valence-corrected chi connectivity index (χ4v) is 17.5. The van der Waals surface area contributed by atoms with E-state index < -0.39 is 0 Å². The first kappa shape index (κ1) is 66.1. The van der Waals surface area contributed by atoms with Gasteiger partial charge in [-0.1, -0.05) is 284 Å². The van der Waals surface area contributed by atoms with Crippen LogP contribution >= 0.6 is 0 Å². The highest BCUT2D eigenvalue weighted by Gasteiger charge is 2.45. The molecule has 0 bridgehead atoms. The van der Waals surface area contributed by atoms with Gasteiger partial charge in [0.15, 0.2) is 0 Å². The molecule has 18 aromatic rings. The van der Waals surface area contributed by atoms with Gasteiger partial charge in [0.25, 0.3) is 6.71 Å². The van der Waals surface area contributed by atoms with Crippen molar-refractivity contribution in [2.75, 3.05) is 14.7 Å². The van der Waals surface area contributed by atoms with Gasteiger partial charge in [-0.25, -0.2) is 0 Å². The van der Waals surface area contributed by atoms with Crippen LogP contribution in [0, 0.1) is 0 Å². The maximum absolute atomic E-state index is 2.65. The van der Waals surface area contributed by atoms with Crippen molar-refractivity contribution in [1.29, 1.82) is 0 Å². The molecule has 5 nitrogen and oxygen atoms in total. The first-order chi connectivity index (χ1) is 53.8. The summed E-state index contributed by atoms with van der Waals surface area (Å²) in [7, 11) is 0. The van der Waals surface area contributed by atoms with Crippen molar-refractivity contribution in [3.05, 3.63) is 387 Å². The summed E-state index contributed by atoms with van der Waals surface area (Å²) in [5.41, 5.74) is 33.9. The number of anilines is 9. The van der Waals surface area contributed by atoms with Gasteiger partial charge in [-0.15, -0.1) is 0 Å². The number of rotatable bonds is 12. The standard InChI is InChI=1S/C104H80BN5/c1-103(2,3)79-58-77(59-80(66-79)104(4,5)6)78-64-100-102-101(65-78)110(87-62-75(71-34-16-9-17-35-71)57-76(63-87)72-36-18-10-19-37-72)99-68-85(108-96-46-28-24-42-90(96)91-43-25-29-47-97(91)108)53-55-93(99)105(102)92-54-52-84(67-98(92)109(100)86-60-73(69-30-12-7-13-31-69)56-74(61-86)70-32-14-8-15-33-70)106(81-38-20-11-21-39-81)82-48-50-83(51-49-82)107-94-44-26-22-40-88(94)89-41-23-27-45-95(89)107/h7-68H,1-6H3. The number of nitrogens with zero attached hydrogens (tertiary/aromatic N) is 5. The number of hydrogen-bond acceptors (Lipinski definition) is 3. The highest BCUT2D eigenvalue weighted by atomic mass is 15.2. The van der Waals surface area contributed by atoms with E-state index in [0.717, 1.165) is 124 Å². The summed E-state index contributed by atoms with van der Waals surface area (Å²) in [5, 5.41) is 4.92. The molecule has 20 rings (SSSR count). The summed E-state index contributed by atoms with van der Waals surface area (Å²) in [4.78, 5) is 7.75. The van der Waals surface area contributed by atoms with E-state index >= 15 is 0 Å². The lowest BCUT2D eigenvalue weighted by atomic mass is 9.33. The third kappa shape index (κ3) is 11.3. The molecule has 0 aliphatic carbocycles. The zero-order chi connectivity index (χ0) is 73.9. The molecule has 0 spiro atoms. The van der Waals surface area contributed by atoms with Crippen molar-refractivity contribution in [2.45, 2.75) is 52.4 Å². The average molecular weight is 1410 g/mol. The Hall–Kier alpha value is -13.4. The third-order valence-electron chi connectivity index (χ3n) is 22.9. The Labute approximate surface area is 644 Å². The summed E-state index contributed by atoms with van der Waals surface area (Å²) in [6.07, 6.45) is 0.